The van der Waals surface area contributed by atoms with Crippen LogP contribution in [-0.4, -0.2) is 65.4 Å². The molecule has 1 saturated heterocycles. The number of carbonyl (C=O) groups excluding carboxylic acids is 2. The molecule has 0 spiro atoms. The molecule has 1 saturated carbocycles. The Balaban J connectivity index is 1.16. The van der Waals surface area contributed by atoms with Crippen LogP contribution in [0.4, 0.5) is 5.13 Å². The second kappa shape index (κ2) is 10.8. The van der Waals surface area contributed by atoms with Crippen LogP contribution in [0.15, 0.2) is 36.5 Å². The molecule has 2 aliphatic rings. The minimum Gasteiger partial charge on any atom is -0.457 e. The number of likely N-dealkylation sites (tertiary alicyclic amines) is 1. The van der Waals surface area contributed by atoms with Crippen LogP contribution in [-0.2, 0) is 4.79 Å². The molecule has 2 amide bonds. The average Bonchev–Trinajstić information content (AvgIpc) is 3.50. The molecule has 1 aromatic carbocycles. The normalized spacial score (nSPS) is 22.3. The molecule has 3 N–H and O–H groups in total. The van der Waals surface area contributed by atoms with Crippen molar-refractivity contribution in [2.75, 3.05) is 26.0 Å². The number of carbonyl (C=O) groups is 2. The lowest BCUT2D eigenvalue weighted by molar-refractivity contribution is -0.126. The number of anilines is 1. The van der Waals surface area contributed by atoms with Gasteiger partial charge in [-0.2, -0.15) is 0 Å². The smallest absolute Gasteiger partial charge is 0.269 e. The molecule has 3 heterocycles. The number of hydrogen-bond donors (Lipinski definition) is 3. The maximum Gasteiger partial charge on any atom is 0.269 e. The molecule has 10 heteroatoms. The molecule has 1 atom stereocenters. The first-order chi connectivity index (χ1) is 17.5. The lowest BCUT2D eigenvalue weighted by Crippen LogP contribution is -2.47. The van der Waals surface area contributed by atoms with Gasteiger partial charge in [0.15, 0.2) is 5.13 Å². The number of hydrogen-bond acceptors (Lipinski definition) is 8. The minimum atomic E-state index is -0.257. The van der Waals surface area contributed by atoms with Crippen molar-refractivity contribution in [2.24, 2.45) is 0 Å². The summed E-state index contributed by atoms with van der Waals surface area (Å²) in [5.41, 5.74) is 1.22. The van der Waals surface area contributed by atoms with Gasteiger partial charge in [-0.1, -0.05) is 11.3 Å². The predicted octanol–water partition coefficient (Wildman–Crippen LogP) is 3.78. The lowest BCUT2D eigenvalue weighted by atomic mass is 9.91. The maximum atomic E-state index is 12.6. The highest BCUT2D eigenvalue weighted by molar-refractivity contribution is 7.22. The van der Waals surface area contributed by atoms with E-state index in [9.17, 15) is 9.59 Å². The monoisotopic (exact) mass is 508 g/mol. The van der Waals surface area contributed by atoms with Gasteiger partial charge in [0.25, 0.3) is 5.91 Å². The summed E-state index contributed by atoms with van der Waals surface area (Å²) in [5.74, 6) is 1.16. The van der Waals surface area contributed by atoms with Crippen molar-refractivity contribution in [2.45, 2.75) is 56.7 Å². The zero-order chi connectivity index (χ0) is 25.1. The molecular weight excluding hydrogens is 476 g/mol. The van der Waals surface area contributed by atoms with Gasteiger partial charge in [-0.05, 0) is 70.3 Å². The number of aromatic nitrogens is 2. The number of fused-ring (bicyclic) bond motifs is 1. The molecule has 36 heavy (non-hydrogen) atoms. The second-order valence-corrected chi connectivity index (χ2v) is 10.6. The van der Waals surface area contributed by atoms with E-state index in [0.29, 0.717) is 23.2 Å². The fourth-order valence-corrected chi connectivity index (χ4v) is 5.96. The average molecular weight is 509 g/mol. The highest BCUT2D eigenvalue weighted by atomic mass is 32.1. The Morgan fingerprint density at radius 2 is 1.83 bits per heavy atom. The molecule has 9 nitrogen and oxygen atoms in total. The largest absolute Gasteiger partial charge is 0.457 e. The third-order valence-electron chi connectivity index (χ3n) is 7.01. The quantitative estimate of drug-likeness (QED) is 0.446. The van der Waals surface area contributed by atoms with Crippen molar-refractivity contribution in [3.8, 4) is 11.5 Å². The zero-order valence-corrected chi connectivity index (χ0v) is 21.4. The van der Waals surface area contributed by atoms with Gasteiger partial charge >= 0.3 is 0 Å². The summed E-state index contributed by atoms with van der Waals surface area (Å²) in [6, 6.07) is 9.77. The molecule has 5 rings (SSSR count). The van der Waals surface area contributed by atoms with Crippen LogP contribution in [0.1, 0.15) is 49.0 Å². The summed E-state index contributed by atoms with van der Waals surface area (Å²) in [6.45, 7) is 1.01. The summed E-state index contributed by atoms with van der Waals surface area (Å²) in [4.78, 5) is 35.4. The minimum absolute atomic E-state index is 0.0360. The first kappa shape index (κ1) is 24.5. The molecular formula is C26H32N6O3S. The van der Waals surface area contributed by atoms with E-state index in [-0.39, 0.29) is 23.9 Å². The number of nitrogens with zero attached hydrogens (tertiary/aromatic N) is 3. The number of thiazole rings is 1. The molecule has 2 aromatic heterocycles. The molecule has 2 fully saturated rings. The predicted molar refractivity (Wildman–Crippen MR) is 141 cm³/mol. The van der Waals surface area contributed by atoms with E-state index < -0.39 is 0 Å². The van der Waals surface area contributed by atoms with Gasteiger partial charge in [-0.15, -0.1) is 0 Å². The number of amides is 2. The Morgan fingerprint density at radius 1 is 1.06 bits per heavy atom. The molecule has 1 unspecified atom stereocenters. The molecule has 0 bridgehead atoms. The van der Waals surface area contributed by atoms with E-state index in [4.69, 9.17) is 9.72 Å². The third-order valence-corrected chi connectivity index (χ3v) is 7.96. The van der Waals surface area contributed by atoms with Crippen LogP contribution in [0.25, 0.3) is 10.2 Å². The van der Waals surface area contributed by atoms with Crippen LogP contribution < -0.4 is 20.7 Å². The molecule has 1 aliphatic carbocycles. The van der Waals surface area contributed by atoms with Gasteiger partial charge in [-0.25, -0.2) is 4.98 Å². The van der Waals surface area contributed by atoms with Gasteiger partial charge < -0.3 is 20.7 Å². The SMILES string of the molecule is CNC(=O)c1cc(Oc2ccc3nc(NC4CCC(NC(=O)C5CCCN5C)CC4)sc3c2)ccn1. The van der Waals surface area contributed by atoms with E-state index in [0.717, 1.165) is 60.4 Å². The Labute approximate surface area is 214 Å². The molecule has 1 aliphatic heterocycles. The van der Waals surface area contributed by atoms with Gasteiger partial charge in [-0.3, -0.25) is 19.5 Å². The Hall–Kier alpha value is -3.24. The van der Waals surface area contributed by atoms with E-state index in [2.05, 4.69) is 25.8 Å². The second-order valence-electron chi connectivity index (χ2n) is 9.55. The van der Waals surface area contributed by atoms with E-state index in [1.807, 2.05) is 25.2 Å². The first-order valence-electron chi connectivity index (χ1n) is 12.5. The van der Waals surface area contributed by atoms with Crippen molar-refractivity contribution >= 4 is 38.5 Å². The van der Waals surface area contributed by atoms with Crippen molar-refractivity contribution in [1.82, 2.24) is 25.5 Å². The summed E-state index contributed by atoms with van der Waals surface area (Å²) in [5, 5.41) is 10.3. The third kappa shape index (κ3) is 5.60. The molecule has 3 aromatic rings. The van der Waals surface area contributed by atoms with Crippen molar-refractivity contribution in [3.05, 3.63) is 42.2 Å². The van der Waals surface area contributed by atoms with E-state index >= 15 is 0 Å². The fourth-order valence-electron chi connectivity index (χ4n) is 4.99. The van der Waals surface area contributed by atoms with Crippen molar-refractivity contribution in [3.63, 3.8) is 0 Å². The van der Waals surface area contributed by atoms with Crippen molar-refractivity contribution in [1.29, 1.82) is 0 Å². The zero-order valence-electron chi connectivity index (χ0n) is 20.6. The number of pyridine rings is 1. The molecule has 0 radical (unpaired) electrons. The highest BCUT2D eigenvalue weighted by Crippen LogP contribution is 2.33. The Bertz CT molecular complexity index is 1240. The van der Waals surface area contributed by atoms with Crippen LogP contribution in [0.5, 0.6) is 11.5 Å². The fraction of sp³-hybridized carbons (Fsp3) is 0.462. The summed E-state index contributed by atoms with van der Waals surface area (Å²) < 4.78 is 6.99. The Morgan fingerprint density at radius 3 is 2.58 bits per heavy atom. The van der Waals surface area contributed by atoms with E-state index in [1.165, 1.54) is 0 Å². The van der Waals surface area contributed by atoms with Crippen LogP contribution in [0, 0.1) is 0 Å². The molecule has 190 valence electrons. The number of ether oxygens (including phenoxy) is 1. The van der Waals surface area contributed by atoms with Gasteiger partial charge in [0, 0.05) is 37.5 Å². The number of nitrogens with one attached hydrogen (secondary N) is 3. The van der Waals surface area contributed by atoms with Gasteiger partial charge in [0.2, 0.25) is 5.91 Å². The summed E-state index contributed by atoms with van der Waals surface area (Å²) >= 11 is 1.60. The topological polar surface area (TPSA) is 108 Å². The number of likely N-dealkylation sites (N-methyl/N-ethyl adjacent to an activating group) is 1. The first-order valence-corrected chi connectivity index (χ1v) is 13.3. The van der Waals surface area contributed by atoms with Crippen LogP contribution >= 0.6 is 11.3 Å². The van der Waals surface area contributed by atoms with Crippen molar-refractivity contribution < 1.29 is 14.3 Å². The lowest BCUT2D eigenvalue weighted by Gasteiger charge is -2.31. The number of rotatable bonds is 7. The summed E-state index contributed by atoms with van der Waals surface area (Å²) in [7, 11) is 3.61. The highest BCUT2D eigenvalue weighted by Gasteiger charge is 2.30. The Kier molecular flexibility index (Phi) is 7.33. The van der Waals surface area contributed by atoms with E-state index in [1.54, 1.807) is 36.7 Å². The van der Waals surface area contributed by atoms with Gasteiger partial charge in [0.05, 0.1) is 16.3 Å². The summed E-state index contributed by atoms with van der Waals surface area (Å²) in [6.07, 6.45) is 7.59. The maximum absolute atomic E-state index is 12.6. The number of benzene rings is 1. The van der Waals surface area contributed by atoms with Gasteiger partial charge in [0.1, 0.15) is 17.2 Å². The van der Waals surface area contributed by atoms with Crippen LogP contribution in [0.3, 0.4) is 0 Å². The van der Waals surface area contributed by atoms with Crippen LogP contribution in [0.2, 0.25) is 0 Å². The standard InChI is InChI=1S/C26H32N6O3S/c1-27-24(33)21-14-19(11-12-28-21)35-18-9-10-20-23(15-18)36-26(31-20)30-17-7-5-16(6-8-17)29-25(34)22-4-3-13-32(22)2/h9-12,14-17,22H,3-8,13H2,1-2H3,(H,27,33)(H,29,34)(H,30,31).